The van der Waals surface area contributed by atoms with Crippen LogP contribution in [0, 0.1) is 0 Å². The lowest BCUT2D eigenvalue weighted by atomic mass is 10.1. The van der Waals surface area contributed by atoms with E-state index in [0.29, 0.717) is 0 Å². The van der Waals surface area contributed by atoms with Gasteiger partial charge in [-0.15, -0.1) is 0 Å². The van der Waals surface area contributed by atoms with Gasteiger partial charge in [-0.2, -0.15) is 0 Å². The van der Waals surface area contributed by atoms with Crippen LogP contribution in [0.1, 0.15) is 16.0 Å². The van der Waals surface area contributed by atoms with Crippen LogP contribution in [-0.2, 0) is 0 Å². The summed E-state index contributed by atoms with van der Waals surface area (Å²) in [7, 11) is 0. The fourth-order valence-electron chi connectivity index (χ4n) is 1.51. The molecular weight excluding hydrogens is 351 g/mol. The Morgan fingerprint density at radius 2 is 1.69 bits per heavy atom. The largest absolute Gasteiger partial charge is 0.0840 e. The monoisotopic (exact) mass is 358 g/mol. The molecule has 0 N–H and O–H groups in total. The fraction of sp³-hybridized carbons (Fsp3) is 0.0769. The molecule has 0 heterocycles. The lowest BCUT2D eigenvalue weighted by Gasteiger charge is -2.12. The summed E-state index contributed by atoms with van der Waals surface area (Å²) < 4.78 is 1.03. The number of alkyl halides is 1. The van der Waals surface area contributed by atoms with Gasteiger partial charge in [-0.05, 0) is 29.3 Å². The van der Waals surface area contributed by atoms with E-state index in [-0.39, 0.29) is 4.83 Å². The molecule has 0 saturated carbocycles. The van der Waals surface area contributed by atoms with Crippen molar-refractivity contribution in [2.24, 2.45) is 0 Å². The van der Waals surface area contributed by atoms with Crippen LogP contribution in [0.4, 0.5) is 0 Å². The molecule has 0 aliphatic carbocycles. The third-order valence-electron chi connectivity index (χ3n) is 2.32. The second-order valence-electron chi connectivity index (χ2n) is 3.44. The summed E-state index contributed by atoms with van der Waals surface area (Å²) in [5.41, 5.74) is 2.27. The molecule has 0 spiro atoms. The fourth-order valence-corrected chi connectivity index (χ4v) is 2.93. The van der Waals surface area contributed by atoms with E-state index >= 15 is 0 Å². The predicted molar refractivity (Wildman–Crippen MR) is 76.4 cm³/mol. The zero-order valence-electron chi connectivity index (χ0n) is 8.33. The molecular formula is C13H9Br2Cl. The number of halogens is 3. The maximum Gasteiger partial charge on any atom is 0.0659 e. The van der Waals surface area contributed by atoms with Gasteiger partial charge in [-0.3, -0.25) is 0 Å². The van der Waals surface area contributed by atoms with Gasteiger partial charge in [0.1, 0.15) is 0 Å². The number of hydrogen-bond donors (Lipinski definition) is 0. The van der Waals surface area contributed by atoms with E-state index in [2.05, 4.69) is 44.0 Å². The third kappa shape index (κ3) is 2.68. The minimum atomic E-state index is 0.124. The Labute approximate surface area is 117 Å². The number of rotatable bonds is 2. The van der Waals surface area contributed by atoms with Crippen molar-refractivity contribution < 1.29 is 0 Å². The molecule has 0 nitrogen and oxygen atoms in total. The molecule has 2 aromatic carbocycles. The molecule has 82 valence electrons. The van der Waals surface area contributed by atoms with E-state index in [4.69, 9.17) is 11.6 Å². The van der Waals surface area contributed by atoms with Gasteiger partial charge in [0.25, 0.3) is 0 Å². The molecule has 1 unspecified atom stereocenters. The van der Waals surface area contributed by atoms with Crippen molar-refractivity contribution in [3.8, 4) is 0 Å². The Balaban J connectivity index is 2.41. The molecule has 0 aromatic heterocycles. The zero-order chi connectivity index (χ0) is 11.5. The van der Waals surface area contributed by atoms with E-state index in [9.17, 15) is 0 Å². The first-order valence-electron chi connectivity index (χ1n) is 4.82. The Morgan fingerprint density at radius 1 is 1.00 bits per heavy atom. The first kappa shape index (κ1) is 12.2. The highest BCUT2D eigenvalue weighted by molar-refractivity contribution is 9.10. The standard InChI is InChI=1S/C13H9Br2Cl/c14-10-6-7-12(16)11(8-10)13(15)9-4-2-1-3-5-9/h1-8,13H. The molecule has 16 heavy (non-hydrogen) atoms. The van der Waals surface area contributed by atoms with E-state index in [1.807, 2.05) is 36.4 Å². The highest BCUT2D eigenvalue weighted by Gasteiger charge is 2.13. The molecule has 0 bridgehead atoms. The maximum atomic E-state index is 6.19. The molecule has 0 saturated heterocycles. The number of hydrogen-bond acceptors (Lipinski definition) is 0. The average Bonchev–Trinajstić information content (AvgIpc) is 2.32. The quantitative estimate of drug-likeness (QED) is 0.613. The Morgan fingerprint density at radius 3 is 2.38 bits per heavy atom. The first-order valence-corrected chi connectivity index (χ1v) is 6.91. The van der Waals surface area contributed by atoms with Crippen molar-refractivity contribution in [1.82, 2.24) is 0 Å². The zero-order valence-corrected chi connectivity index (χ0v) is 12.3. The van der Waals surface area contributed by atoms with Gasteiger partial charge >= 0.3 is 0 Å². The van der Waals surface area contributed by atoms with E-state index in [1.54, 1.807) is 0 Å². The van der Waals surface area contributed by atoms with E-state index < -0.39 is 0 Å². The SMILES string of the molecule is Clc1ccc(Br)cc1C(Br)c1ccccc1. The Hall–Kier alpha value is -0.310. The van der Waals surface area contributed by atoms with Crippen LogP contribution in [0.25, 0.3) is 0 Å². The summed E-state index contributed by atoms with van der Waals surface area (Å²) in [5, 5.41) is 0.772. The van der Waals surface area contributed by atoms with Crippen LogP contribution in [0.15, 0.2) is 53.0 Å². The molecule has 0 amide bonds. The Kier molecular flexibility index (Phi) is 4.06. The van der Waals surface area contributed by atoms with Gasteiger partial charge in [0.15, 0.2) is 0 Å². The van der Waals surface area contributed by atoms with Crippen LogP contribution in [0.5, 0.6) is 0 Å². The summed E-state index contributed by atoms with van der Waals surface area (Å²) in [4.78, 5) is 0.124. The molecule has 0 radical (unpaired) electrons. The smallest absolute Gasteiger partial charge is 0.0659 e. The Bertz CT molecular complexity index is 483. The molecule has 0 aliphatic rings. The van der Waals surface area contributed by atoms with Gasteiger partial charge < -0.3 is 0 Å². The van der Waals surface area contributed by atoms with Gasteiger partial charge in [-0.25, -0.2) is 0 Å². The van der Waals surface area contributed by atoms with Crippen LogP contribution in [0.3, 0.4) is 0 Å². The highest BCUT2D eigenvalue weighted by Crippen LogP contribution is 2.36. The summed E-state index contributed by atoms with van der Waals surface area (Å²) >= 11 is 13.3. The number of benzene rings is 2. The van der Waals surface area contributed by atoms with Gasteiger partial charge in [0.2, 0.25) is 0 Å². The van der Waals surface area contributed by atoms with Crippen molar-refractivity contribution in [3.05, 3.63) is 69.2 Å². The van der Waals surface area contributed by atoms with Crippen LogP contribution < -0.4 is 0 Å². The summed E-state index contributed by atoms with van der Waals surface area (Å²) in [6.07, 6.45) is 0. The molecule has 2 rings (SSSR count). The van der Waals surface area contributed by atoms with E-state index in [0.717, 1.165) is 15.1 Å². The summed E-state index contributed by atoms with van der Waals surface area (Å²) in [5.74, 6) is 0. The maximum absolute atomic E-state index is 6.19. The second kappa shape index (κ2) is 5.35. The van der Waals surface area contributed by atoms with Crippen molar-refractivity contribution in [2.45, 2.75) is 4.83 Å². The molecule has 1 atom stereocenters. The van der Waals surface area contributed by atoms with E-state index in [1.165, 1.54) is 5.56 Å². The summed E-state index contributed by atoms with van der Waals surface area (Å²) in [6.45, 7) is 0. The van der Waals surface area contributed by atoms with Gasteiger partial charge in [0.05, 0.1) is 4.83 Å². The van der Waals surface area contributed by atoms with Crippen molar-refractivity contribution in [2.75, 3.05) is 0 Å². The van der Waals surface area contributed by atoms with Crippen LogP contribution in [-0.4, -0.2) is 0 Å². The molecule has 0 aliphatic heterocycles. The minimum Gasteiger partial charge on any atom is -0.0840 e. The minimum absolute atomic E-state index is 0.124. The first-order chi connectivity index (χ1) is 7.68. The second-order valence-corrected chi connectivity index (χ2v) is 5.68. The lowest BCUT2D eigenvalue weighted by molar-refractivity contribution is 1.17. The van der Waals surface area contributed by atoms with Gasteiger partial charge in [0, 0.05) is 9.50 Å². The topological polar surface area (TPSA) is 0 Å². The molecule has 0 fully saturated rings. The van der Waals surface area contributed by atoms with Crippen molar-refractivity contribution >= 4 is 43.5 Å². The van der Waals surface area contributed by atoms with Gasteiger partial charge in [-0.1, -0.05) is 73.8 Å². The average molecular weight is 360 g/mol. The highest BCUT2D eigenvalue weighted by atomic mass is 79.9. The van der Waals surface area contributed by atoms with Crippen molar-refractivity contribution in [3.63, 3.8) is 0 Å². The lowest BCUT2D eigenvalue weighted by Crippen LogP contribution is -1.93. The van der Waals surface area contributed by atoms with Crippen LogP contribution in [0.2, 0.25) is 5.02 Å². The van der Waals surface area contributed by atoms with Crippen molar-refractivity contribution in [1.29, 1.82) is 0 Å². The molecule has 3 heteroatoms. The third-order valence-corrected chi connectivity index (χ3v) is 4.18. The molecule has 2 aromatic rings. The van der Waals surface area contributed by atoms with Crippen LogP contribution >= 0.6 is 43.5 Å². The predicted octanol–water partition coefficient (Wildman–Crippen LogP) is 5.59. The normalized spacial score (nSPS) is 12.4. The summed E-state index contributed by atoms with van der Waals surface area (Å²) in [6, 6.07) is 16.1.